The third-order valence-corrected chi connectivity index (χ3v) is 5.08. The summed E-state index contributed by atoms with van der Waals surface area (Å²) in [6, 6.07) is 12.0. The molecule has 1 fully saturated rings. The molecule has 2 aromatic carbocycles. The monoisotopic (exact) mass is 358 g/mol. The highest BCUT2D eigenvalue weighted by molar-refractivity contribution is 5.77. The van der Waals surface area contributed by atoms with Crippen molar-refractivity contribution < 1.29 is 13.6 Å². The number of halogens is 2. The first-order chi connectivity index (χ1) is 12.5. The Labute approximate surface area is 152 Å². The van der Waals surface area contributed by atoms with Gasteiger partial charge in [-0.05, 0) is 60.6 Å². The molecular weight excluding hydrogens is 334 g/mol. The summed E-state index contributed by atoms with van der Waals surface area (Å²) in [4.78, 5) is 12.5. The van der Waals surface area contributed by atoms with E-state index in [4.69, 9.17) is 5.73 Å². The Morgan fingerprint density at radius 1 is 1.12 bits per heavy atom. The molecule has 138 valence electrons. The van der Waals surface area contributed by atoms with E-state index in [-0.39, 0.29) is 29.5 Å². The van der Waals surface area contributed by atoms with Crippen LogP contribution >= 0.6 is 0 Å². The van der Waals surface area contributed by atoms with E-state index in [1.165, 1.54) is 24.3 Å². The second-order valence-corrected chi connectivity index (χ2v) is 7.07. The van der Waals surface area contributed by atoms with E-state index in [1.807, 2.05) is 0 Å². The van der Waals surface area contributed by atoms with Crippen molar-refractivity contribution in [3.05, 3.63) is 71.3 Å². The summed E-state index contributed by atoms with van der Waals surface area (Å²) in [5, 5.41) is 2.99. The van der Waals surface area contributed by atoms with Crippen LogP contribution in [0.25, 0.3) is 0 Å². The SMILES string of the molecule is N[C@@H]1CCC[C@H]1CC(=O)NC(Cc1cccc(F)c1)c1cccc(F)c1. The zero-order valence-corrected chi connectivity index (χ0v) is 14.6. The van der Waals surface area contributed by atoms with Crippen LogP contribution in [-0.4, -0.2) is 11.9 Å². The molecule has 3 N–H and O–H groups in total. The Balaban J connectivity index is 1.75. The van der Waals surface area contributed by atoms with Gasteiger partial charge < -0.3 is 11.1 Å². The molecule has 3 nitrogen and oxygen atoms in total. The van der Waals surface area contributed by atoms with E-state index in [0.717, 1.165) is 24.8 Å². The maximum absolute atomic E-state index is 13.7. The van der Waals surface area contributed by atoms with Gasteiger partial charge in [-0.1, -0.05) is 30.7 Å². The first kappa shape index (κ1) is 18.5. The Morgan fingerprint density at radius 2 is 1.85 bits per heavy atom. The third kappa shape index (κ3) is 4.88. The smallest absolute Gasteiger partial charge is 0.220 e. The standard InChI is InChI=1S/C21H24F2N2O/c22-17-7-1-4-14(10-17)11-20(16-6-2-8-18(23)12-16)25-21(26)13-15-5-3-9-19(15)24/h1-2,4,6-8,10,12,15,19-20H,3,5,9,11,13,24H2,(H,25,26)/t15-,19+,20?/m0/s1. The molecule has 0 aliphatic heterocycles. The van der Waals surface area contributed by atoms with Gasteiger partial charge in [-0.3, -0.25) is 4.79 Å². The topological polar surface area (TPSA) is 55.1 Å². The number of amides is 1. The van der Waals surface area contributed by atoms with E-state index >= 15 is 0 Å². The molecule has 1 unspecified atom stereocenters. The Kier molecular flexibility index (Phi) is 5.99. The van der Waals surface area contributed by atoms with Crippen molar-refractivity contribution in [3.8, 4) is 0 Å². The van der Waals surface area contributed by atoms with Crippen LogP contribution in [0.5, 0.6) is 0 Å². The second-order valence-electron chi connectivity index (χ2n) is 7.07. The predicted molar refractivity (Wildman–Crippen MR) is 97.3 cm³/mol. The minimum atomic E-state index is -0.419. The van der Waals surface area contributed by atoms with Crippen molar-refractivity contribution in [1.29, 1.82) is 0 Å². The van der Waals surface area contributed by atoms with E-state index in [2.05, 4.69) is 5.32 Å². The molecule has 26 heavy (non-hydrogen) atoms. The van der Waals surface area contributed by atoms with E-state index < -0.39 is 6.04 Å². The number of carbonyl (C=O) groups excluding carboxylic acids is 1. The summed E-state index contributed by atoms with van der Waals surface area (Å²) in [7, 11) is 0. The molecule has 1 aliphatic rings. The predicted octanol–water partition coefficient (Wildman–Crippen LogP) is 3.88. The van der Waals surface area contributed by atoms with Gasteiger partial charge in [-0.15, -0.1) is 0 Å². The highest BCUT2D eigenvalue weighted by Crippen LogP contribution is 2.27. The number of benzene rings is 2. The van der Waals surface area contributed by atoms with Crippen LogP contribution in [0.4, 0.5) is 8.78 Å². The largest absolute Gasteiger partial charge is 0.349 e. The molecule has 0 bridgehead atoms. The van der Waals surface area contributed by atoms with E-state index in [0.29, 0.717) is 18.4 Å². The first-order valence-electron chi connectivity index (χ1n) is 9.06. The maximum Gasteiger partial charge on any atom is 0.220 e. The van der Waals surface area contributed by atoms with E-state index in [1.54, 1.807) is 24.3 Å². The van der Waals surface area contributed by atoms with Gasteiger partial charge in [-0.2, -0.15) is 0 Å². The zero-order valence-electron chi connectivity index (χ0n) is 14.6. The van der Waals surface area contributed by atoms with Crippen LogP contribution in [0.2, 0.25) is 0 Å². The fourth-order valence-electron chi connectivity index (χ4n) is 3.69. The number of nitrogens with one attached hydrogen (secondary N) is 1. The van der Waals surface area contributed by atoms with Crippen molar-refractivity contribution in [2.24, 2.45) is 11.7 Å². The van der Waals surface area contributed by atoms with Crippen molar-refractivity contribution in [3.63, 3.8) is 0 Å². The maximum atomic E-state index is 13.7. The number of hydrogen-bond donors (Lipinski definition) is 2. The summed E-state index contributed by atoms with van der Waals surface area (Å²) < 4.78 is 27.2. The molecule has 3 atom stereocenters. The number of nitrogens with two attached hydrogens (primary N) is 1. The number of carbonyl (C=O) groups is 1. The van der Waals surface area contributed by atoms with Crippen LogP contribution in [-0.2, 0) is 11.2 Å². The molecule has 0 radical (unpaired) electrons. The fourth-order valence-corrected chi connectivity index (χ4v) is 3.69. The highest BCUT2D eigenvalue weighted by atomic mass is 19.1. The van der Waals surface area contributed by atoms with Gasteiger partial charge in [0.15, 0.2) is 0 Å². The van der Waals surface area contributed by atoms with Gasteiger partial charge in [-0.25, -0.2) is 8.78 Å². The molecule has 1 saturated carbocycles. The van der Waals surface area contributed by atoms with Gasteiger partial charge in [0.1, 0.15) is 11.6 Å². The van der Waals surface area contributed by atoms with Crippen molar-refractivity contribution >= 4 is 5.91 Å². The lowest BCUT2D eigenvalue weighted by Gasteiger charge is -2.22. The van der Waals surface area contributed by atoms with Gasteiger partial charge in [0.05, 0.1) is 6.04 Å². The Morgan fingerprint density at radius 3 is 2.50 bits per heavy atom. The van der Waals surface area contributed by atoms with Gasteiger partial charge in [0.25, 0.3) is 0 Å². The van der Waals surface area contributed by atoms with Gasteiger partial charge in [0.2, 0.25) is 5.91 Å². The van der Waals surface area contributed by atoms with Crippen LogP contribution in [0.3, 0.4) is 0 Å². The molecule has 1 amide bonds. The summed E-state index contributed by atoms with van der Waals surface area (Å²) >= 11 is 0. The van der Waals surface area contributed by atoms with Crippen LogP contribution < -0.4 is 11.1 Å². The fraction of sp³-hybridized carbons (Fsp3) is 0.381. The van der Waals surface area contributed by atoms with Crippen molar-refractivity contribution in [2.75, 3.05) is 0 Å². The molecule has 0 heterocycles. The summed E-state index contributed by atoms with van der Waals surface area (Å²) in [5.41, 5.74) is 7.47. The molecule has 2 aromatic rings. The lowest BCUT2D eigenvalue weighted by Crippen LogP contribution is -2.34. The molecule has 1 aliphatic carbocycles. The lowest BCUT2D eigenvalue weighted by molar-refractivity contribution is -0.122. The van der Waals surface area contributed by atoms with Crippen LogP contribution in [0.1, 0.15) is 42.9 Å². The molecule has 0 spiro atoms. The minimum Gasteiger partial charge on any atom is -0.349 e. The highest BCUT2D eigenvalue weighted by Gasteiger charge is 2.27. The van der Waals surface area contributed by atoms with Crippen molar-refractivity contribution in [1.82, 2.24) is 5.32 Å². The number of hydrogen-bond acceptors (Lipinski definition) is 2. The Bertz CT molecular complexity index is 765. The summed E-state index contributed by atoms with van der Waals surface area (Å²) in [5.74, 6) is -0.599. The van der Waals surface area contributed by atoms with E-state index in [9.17, 15) is 13.6 Å². The van der Waals surface area contributed by atoms with Gasteiger partial charge >= 0.3 is 0 Å². The average Bonchev–Trinajstić information content (AvgIpc) is 2.99. The van der Waals surface area contributed by atoms with Crippen LogP contribution in [0.15, 0.2) is 48.5 Å². The van der Waals surface area contributed by atoms with Crippen LogP contribution in [0, 0.1) is 17.6 Å². The second kappa shape index (κ2) is 8.41. The lowest BCUT2D eigenvalue weighted by atomic mass is 9.96. The zero-order chi connectivity index (χ0) is 18.5. The Hall–Kier alpha value is -2.27. The number of rotatable bonds is 6. The molecule has 5 heteroatoms. The minimum absolute atomic E-state index is 0.0663. The molecule has 0 aromatic heterocycles. The molecule has 0 saturated heterocycles. The summed E-state index contributed by atoms with van der Waals surface area (Å²) in [6.07, 6.45) is 3.73. The molecule has 3 rings (SSSR count). The first-order valence-corrected chi connectivity index (χ1v) is 9.06. The average molecular weight is 358 g/mol. The van der Waals surface area contributed by atoms with Crippen molar-refractivity contribution in [2.45, 2.75) is 44.2 Å². The molecular formula is C21H24F2N2O. The normalized spacial score (nSPS) is 20.7. The summed E-state index contributed by atoms with van der Waals surface area (Å²) in [6.45, 7) is 0. The quantitative estimate of drug-likeness (QED) is 0.823. The van der Waals surface area contributed by atoms with Gasteiger partial charge in [0, 0.05) is 12.5 Å². The third-order valence-electron chi connectivity index (χ3n) is 5.08.